The van der Waals surface area contributed by atoms with E-state index in [-0.39, 0.29) is 41.4 Å². The Balaban J connectivity index is 1.72. The number of likely N-dealkylation sites (tertiary alicyclic amines) is 1. The van der Waals surface area contributed by atoms with Crippen molar-refractivity contribution < 1.29 is 28.2 Å². The van der Waals surface area contributed by atoms with E-state index >= 15 is 0 Å². The maximum Gasteiger partial charge on any atom is 0.416 e. The van der Waals surface area contributed by atoms with E-state index in [4.69, 9.17) is 11.6 Å². The van der Waals surface area contributed by atoms with Crippen molar-refractivity contribution in [1.29, 1.82) is 0 Å². The molecule has 4 rings (SSSR count). The van der Waals surface area contributed by atoms with Crippen LogP contribution in [0.15, 0.2) is 60.9 Å². The second-order valence-electron chi connectivity index (χ2n) is 9.44. The normalized spacial score (nSPS) is 19.8. The molecule has 3 aromatic rings. The number of alkyl halides is 3. The number of halogens is 4. The SMILES string of the molecule is CCC1CC(N(Cc2cc(Cl)cc(C(F)(F)F)c2)c2ncc(O)cn2)CC(Cc2ccccc2)N1C(=O)O. The Kier molecular flexibility index (Phi) is 8.30. The number of rotatable bonds is 7. The molecule has 1 fully saturated rings. The number of carboxylic acid groups (broad SMARTS) is 1. The molecule has 1 amide bonds. The molecule has 2 heterocycles. The van der Waals surface area contributed by atoms with Gasteiger partial charge in [-0.25, -0.2) is 14.8 Å². The van der Waals surface area contributed by atoms with Gasteiger partial charge in [-0.1, -0.05) is 48.9 Å². The van der Waals surface area contributed by atoms with E-state index in [9.17, 15) is 28.2 Å². The number of aromatic nitrogens is 2. The number of anilines is 1. The molecule has 0 spiro atoms. The number of aromatic hydroxyl groups is 1. The lowest BCUT2D eigenvalue weighted by atomic mass is 9.86. The molecular weight excluding hydrogens is 521 g/mol. The fourth-order valence-electron chi connectivity index (χ4n) is 5.18. The van der Waals surface area contributed by atoms with Crippen LogP contribution in [0.3, 0.4) is 0 Å². The highest BCUT2D eigenvalue weighted by Gasteiger charge is 2.40. The molecule has 1 aliphatic heterocycles. The lowest BCUT2D eigenvalue weighted by Gasteiger charge is -2.47. The summed E-state index contributed by atoms with van der Waals surface area (Å²) in [6, 6.07) is 12.0. The number of piperidine rings is 1. The van der Waals surface area contributed by atoms with Crippen molar-refractivity contribution in [3.63, 3.8) is 0 Å². The van der Waals surface area contributed by atoms with Gasteiger partial charge in [0.15, 0.2) is 5.75 Å². The fraction of sp³-hybridized carbons (Fsp3) is 0.370. The molecule has 202 valence electrons. The van der Waals surface area contributed by atoms with Gasteiger partial charge in [-0.15, -0.1) is 0 Å². The summed E-state index contributed by atoms with van der Waals surface area (Å²) in [7, 11) is 0. The molecule has 3 unspecified atom stereocenters. The second-order valence-corrected chi connectivity index (χ2v) is 9.87. The molecule has 0 aliphatic carbocycles. The number of benzene rings is 2. The van der Waals surface area contributed by atoms with Gasteiger partial charge in [-0.2, -0.15) is 13.2 Å². The van der Waals surface area contributed by atoms with Gasteiger partial charge in [0.25, 0.3) is 0 Å². The van der Waals surface area contributed by atoms with Gasteiger partial charge in [0.05, 0.1) is 18.0 Å². The third-order valence-corrected chi connectivity index (χ3v) is 7.06. The van der Waals surface area contributed by atoms with Crippen molar-refractivity contribution in [1.82, 2.24) is 14.9 Å². The van der Waals surface area contributed by atoms with Crippen LogP contribution in [0.2, 0.25) is 5.02 Å². The molecule has 11 heteroatoms. The Morgan fingerprint density at radius 1 is 1.08 bits per heavy atom. The van der Waals surface area contributed by atoms with Crippen molar-refractivity contribution in [3.8, 4) is 5.75 Å². The first kappa shape index (κ1) is 27.5. The molecule has 1 saturated heterocycles. The van der Waals surface area contributed by atoms with Gasteiger partial charge in [-0.3, -0.25) is 0 Å². The van der Waals surface area contributed by atoms with Gasteiger partial charge >= 0.3 is 12.3 Å². The lowest BCUT2D eigenvalue weighted by Crippen LogP contribution is -2.57. The van der Waals surface area contributed by atoms with E-state index < -0.39 is 17.8 Å². The Labute approximate surface area is 223 Å². The maximum atomic E-state index is 13.5. The second kappa shape index (κ2) is 11.5. The van der Waals surface area contributed by atoms with E-state index in [0.717, 1.165) is 17.7 Å². The summed E-state index contributed by atoms with van der Waals surface area (Å²) >= 11 is 6.05. The number of amides is 1. The summed E-state index contributed by atoms with van der Waals surface area (Å²) in [6.45, 7) is 1.93. The Morgan fingerprint density at radius 2 is 1.74 bits per heavy atom. The molecule has 38 heavy (non-hydrogen) atoms. The molecule has 0 bridgehead atoms. The first-order chi connectivity index (χ1) is 18.0. The summed E-state index contributed by atoms with van der Waals surface area (Å²) in [5.74, 6) is 0.0725. The molecule has 0 saturated carbocycles. The molecule has 0 radical (unpaired) electrons. The van der Waals surface area contributed by atoms with Crippen LogP contribution in [0.1, 0.15) is 42.9 Å². The molecule has 2 N–H and O–H groups in total. The number of hydrogen-bond donors (Lipinski definition) is 2. The summed E-state index contributed by atoms with van der Waals surface area (Å²) in [5.41, 5.74) is 0.437. The highest BCUT2D eigenvalue weighted by molar-refractivity contribution is 6.30. The monoisotopic (exact) mass is 548 g/mol. The van der Waals surface area contributed by atoms with E-state index in [1.165, 1.54) is 23.4 Å². The first-order valence-corrected chi connectivity index (χ1v) is 12.6. The molecule has 7 nitrogen and oxygen atoms in total. The van der Waals surface area contributed by atoms with Gasteiger partial charge in [0, 0.05) is 29.7 Å². The van der Waals surface area contributed by atoms with Crippen molar-refractivity contribution >= 4 is 23.6 Å². The zero-order chi connectivity index (χ0) is 27.4. The highest BCUT2D eigenvalue weighted by Crippen LogP contribution is 2.35. The standard InChI is InChI=1S/C27H28ClF3N4O3/c1-2-21-12-22(13-23(35(21)26(37)38)10-17-6-4-3-5-7-17)34(25-32-14-24(36)15-33-25)16-18-8-19(27(29,30)31)11-20(28)9-18/h3-9,11,14-15,21-23,36H,2,10,12-13,16H2,1H3,(H,37,38). The number of hydrogen-bond acceptors (Lipinski definition) is 5. The quantitative estimate of drug-likeness (QED) is 0.355. The first-order valence-electron chi connectivity index (χ1n) is 12.2. The van der Waals surface area contributed by atoms with E-state index in [0.29, 0.717) is 31.2 Å². The molecule has 2 aromatic carbocycles. The fourth-order valence-corrected chi connectivity index (χ4v) is 5.43. The average Bonchev–Trinajstić information content (AvgIpc) is 2.87. The largest absolute Gasteiger partial charge is 0.505 e. The molecule has 1 aliphatic rings. The van der Waals surface area contributed by atoms with Crippen LogP contribution >= 0.6 is 11.6 Å². The highest BCUT2D eigenvalue weighted by atomic mass is 35.5. The predicted molar refractivity (Wildman–Crippen MR) is 137 cm³/mol. The smallest absolute Gasteiger partial charge is 0.416 e. The Morgan fingerprint density at radius 3 is 2.34 bits per heavy atom. The topological polar surface area (TPSA) is 89.8 Å². The minimum absolute atomic E-state index is 0.0145. The van der Waals surface area contributed by atoms with Crippen LogP contribution in [0.5, 0.6) is 5.75 Å². The van der Waals surface area contributed by atoms with Crippen molar-refractivity contribution in [2.45, 2.75) is 63.5 Å². The van der Waals surface area contributed by atoms with Gasteiger partial charge in [-0.05, 0) is 55.0 Å². The van der Waals surface area contributed by atoms with Gasteiger partial charge < -0.3 is 20.0 Å². The van der Waals surface area contributed by atoms with Gasteiger partial charge in [0.2, 0.25) is 5.95 Å². The number of nitrogens with zero attached hydrogens (tertiary/aromatic N) is 4. The van der Waals surface area contributed by atoms with Gasteiger partial charge in [0.1, 0.15) is 0 Å². The molecular formula is C27H28ClF3N4O3. The van der Waals surface area contributed by atoms with Crippen LogP contribution in [0, 0.1) is 0 Å². The van der Waals surface area contributed by atoms with Crippen LogP contribution < -0.4 is 4.90 Å². The summed E-state index contributed by atoms with van der Waals surface area (Å²) in [5, 5.41) is 19.8. The Bertz CT molecular complexity index is 1240. The zero-order valence-corrected chi connectivity index (χ0v) is 21.4. The predicted octanol–water partition coefficient (Wildman–Crippen LogP) is 6.39. The van der Waals surface area contributed by atoms with Crippen LogP contribution in [0.4, 0.5) is 23.9 Å². The van der Waals surface area contributed by atoms with Crippen molar-refractivity contribution in [2.75, 3.05) is 4.90 Å². The summed E-state index contributed by atoms with van der Waals surface area (Å²) in [4.78, 5) is 24.1. The van der Waals surface area contributed by atoms with E-state index in [1.807, 2.05) is 37.3 Å². The minimum Gasteiger partial charge on any atom is -0.505 e. The summed E-state index contributed by atoms with van der Waals surface area (Å²) < 4.78 is 40.5. The van der Waals surface area contributed by atoms with Crippen LogP contribution in [-0.2, 0) is 19.1 Å². The third-order valence-electron chi connectivity index (χ3n) is 6.84. The van der Waals surface area contributed by atoms with E-state index in [1.54, 1.807) is 4.90 Å². The minimum atomic E-state index is -4.57. The van der Waals surface area contributed by atoms with Crippen molar-refractivity contribution in [3.05, 3.63) is 82.6 Å². The lowest BCUT2D eigenvalue weighted by molar-refractivity contribution is -0.137. The summed E-state index contributed by atoms with van der Waals surface area (Å²) in [6.07, 6.45) is -1.24. The maximum absolute atomic E-state index is 13.5. The van der Waals surface area contributed by atoms with E-state index in [2.05, 4.69) is 9.97 Å². The molecule has 3 atom stereocenters. The van der Waals surface area contributed by atoms with Crippen LogP contribution in [0.25, 0.3) is 0 Å². The zero-order valence-electron chi connectivity index (χ0n) is 20.6. The third kappa shape index (κ3) is 6.48. The average molecular weight is 549 g/mol. The molecule has 1 aromatic heterocycles. The van der Waals surface area contributed by atoms with Crippen molar-refractivity contribution in [2.24, 2.45) is 0 Å². The number of carbonyl (C=O) groups is 1. The Hall–Kier alpha value is -3.53. The van der Waals surface area contributed by atoms with Crippen LogP contribution in [-0.4, -0.2) is 49.3 Å².